The van der Waals surface area contributed by atoms with Gasteiger partial charge in [-0.2, -0.15) is 5.10 Å². The first kappa shape index (κ1) is 14.9. The maximum atomic E-state index is 11.9. The second-order valence-corrected chi connectivity index (χ2v) is 6.72. The molecule has 0 bridgehead atoms. The van der Waals surface area contributed by atoms with Gasteiger partial charge in [0.15, 0.2) is 0 Å². The summed E-state index contributed by atoms with van der Waals surface area (Å²) in [5.74, 6) is 0.244. The molecule has 1 atom stereocenters. The van der Waals surface area contributed by atoms with E-state index in [0.29, 0.717) is 11.6 Å². The molecule has 5 nitrogen and oxygen atoms in total. The van der Waals surface area contributed by atoms with Gasteiger partial charge < -0.3 is 0 Å². The zero-order valence-corrected chi connectivity index (χ0v) is 12.6. The van der Waals surface area contributed by atoms with Gasteiger partial charge in [0.25, 0.3) is 0 Å². The lowest BCUT2D eigenvalue weighted by molar-refractivity contribution is 0.588. The van der Waals surface area contributed by atoms with Gasteiger partial charge in [-0.15, -0.1) is 11.6 Å². The van der Waals surface area contributed by atoms with Crippen molar-refractivity contribution < 1.29 is 8.42 Å². The van der Waals surface area contributed by atoms with Crippen molar-refractivity contribution in [1.82, 2.24) is 9.78 Å². The Morgan fingerprint density at radius 2 is 2.05 bits per heavy atom. The quantitative estimate of drug-likeness (QED) is 0.833. The summed E-state index contributed by atoms with van der Waals surface area (Å²) in [6, 6.07) is 8.84. The van der Waals surface area contributed by atoms with Gasteiger partial charge in [0.05, 0.1) is 11.4 Å². The molecule has 7 heteroatoms. The van der Waals surface area contributed by atoms with Crippen LogP contribution in [0.25, 0.3) is 5.69 Å². The predicted octanol–water partition coefficient (Wildman–Crippen LogP) is 2.49. The van der Waals surface area contributed by atoms with Crippen LogP contribution in [0, 0.1) is 5.92 Å². The van der Waals surface area contributed by atoms with Gasteiger partial charge in [-0.05, 0) is 36.2 Å². The average molecular weight is 314 g/mol. The van der Waals surface area contributed by atoms with E-state index in [1.165, 1.54) is 0 Å². The highest BCUT2D eigenvalue weighted by molar-refractivity contribution is 7.92. The fourth-order valence-corrected chi connectivity index (χ4v) is 3.43. The van der Waals surface area contributed by atoms with E-state index in [1.807, 2.05) is 12.3 Å². The van der Waals surface area contributed by atoms with Crippen molar-refractivity contribution in [3.63, 3.8) is 0 Å². The fourth-order valence-electron chi connectivity index (χ4n) is 1.74. The van der Waals surface area contributed by atoms with Crippen LogP contribution in [0.15, 0.2) is 42.7 Å². The number of benzene rings is 1. The van der Waals surface area contributed by atoms with Crippen LogP contribution in [-0.2, 0) is 10.0 Å². The summed E-state index contributed by atoms with van der Waals surface area (Å²) in [7, 11) is -3.37. The molecular formula is C13H16ClN3O2S. The van der Waals surface area contributed by atoms with E-state index in [1.54, 1.807) is 42.1 Å². The molecular weight excluding hydrogens is 298 g/mol. The van der Waals surface area contributed by atoms with Gasteiger partial charge in [0.1, 0.15) is 0 Å². The van der Waals surface area contributed by atoms with E-state index in [4.69, 9.17) is 11.6 Å². The monoisotopic (exact) mass is 313 g/mol. The Bertz CT molecular complexity index is 639. The second-order valence-electron chi connectivity index (χ2n) is 4.64. The number of nitrogens with zero attached hydrogens (tertiary/aromatic N) is 2. The largest absolute Gasteiger partial charge is 0.284 e. The number of hydrogen-bond acceptors (Lipinski definition) is 3. The number of anilines is 1. The van der Waals surface area contributed by atoms with Gasteiger partial charge in [-0.3, -0.25) is 4.72 Å². The van der Waals surface area contributed by atoms with E-state index in [0.717, 1.165) is 5.69 Å². The van der Waals surface area contributed by atoms with Crippen molar-refractivity contribution in [2.45, 2.75) is 6.92 Å². The number of halogens is 1. The van der Waals surface area contributed by atoms with Crippen LogP contribution in [0.3, 0.4) is 0 Å². The van der Waals surface area contributed by atoms with Crippen LogP contribution in [-0.4, -0.2) is 29.8 Å². The molecule has 1 unspecified atom stereocenters. The molecule has 0 amide bonds. The number of rotatable bonds is 6. The van der Waals surface area contributed by atoms with E-state index in [9.17, 15) is 8.42 Å². The molecule has 0 spiro atoms. The number of hydrogen-bond donors (Lipinski definition) is 1. The van der Waals surface area contributed by atoms with Crippen LogP contribution < -0.4 is 4.72 Å². The maximum absolute atomic E-state index is 11.9. The highest BCUT2D eigenvalue weighted by Gasteiger charge is 2.15. The van der Waals surface area contributed by atoms with Gasteiger partial charge in [-0.1, -0.05) is 6.92 Å². The van der Waals surface area contributed by atoms with Crippen molar-refractivity contribution >= 4 is 27.3 Å². The van der Waals surface area contributed by atoms with Crippen LogP contribution in [0.4, 0.5) is 5.69 Å². The maximum Gasteiger partial charge on any atom is 0.233 e. The minimum atomic E-state index is -3.37. The molecule has 0 aliphatic heterocycles. The lowest BCUT2D eigenvalue weighted by Gasteiger charge is -2.11. The molecule has 0 aliphatic rings. The number of sulfonamides is 1. The number of aromatic nitrogens is 2. The van der Waals surface area contributed by atoms with Crippen molar-refractivity contribution in [3.8, 4) is 5.69 Å². The molecule has 20 heavy (non-hydrogen) atoms. The summed E-state index contributed by atoms with van der Waals surface area (Å²) in [6.07, 6.45) is 3.51. The molecule has 0 fully saturated rings. The zero-order chi connectivity index (χ0) is 14.6. The van der Waals surface area contributed by atoms with Gasteiger partial charge in [0, 0.05) is 24.0 Å². The lowest BCUT2D eigenvalue weighted by Crippen LogP contribution is -2.22. The first-order valence-corrected chi connectivity index (χ1v) is 8.35. The summed E-state index contributed by atoms with van der Waals surface area (Å²) in [5.41, 5.74) is 1.40. The molecule has 1 N–H and O–H groups in total. The van der Waals surface area contributed by atoms with Crippen LogP contribution >= 0.6 is 11.6 Å². The van der Waals surface area contributed by atoms with E-state index in [2.05, 4.69) is 9.82 Å². The first-order valence-electron chi connectivity index (χ1n) is 6.17. The first-order chi connectivity index (χ1) is 9.50. The fraction of sp³-hybridized carbons (Fsp3) is 0.308. The van der Waals surface area contributed by atoms with Crippen molar-refractivity contribution in [3.05, 3.63) is 42.7 Å². The molecule has 0 radical (unpaired) electrons. The van der Waals surface area contributed by atoms with E-state index < -0.39 is 10.0 Å². The standard InChI is InChI=1S/C13H16ClN3O2S/c1-11(9-14)10-20(18,19)16-12-3-5-13(6-4-12)17-8-2-7-15-17/h2-8,11,16H,9-10H2,1H3. The zero-order valence-electron chi connectivity index (χ0n) is 11.0. The molecule has 1 aromatic carbocycles. The Kier molecular flexibility index (Phi) is 4.67. The number of nitrogens with one attached hydrogen (secondary N) is 1. The Morgan fingerprint density at radius 3 is 2.60 bits per heavy atom. The molecule has 0 saturated carbocycles. The molecule has 0 aliphatic carbocycles. The Morgan fingerprint density at radius 1 is 1.35 bits per heavy atom. The third-order valence-electron chi connectivity index (χ3n) is 2.68. The summed E-state index contributed by atoms with van der Waals surface area (Å²) in [5, 5.41) is 4.10. The Balaban J connectivity index is 2.07. The minimum Gasteiger partial charge on any atom is -0.284 e. The van der Waals surface area contributed by atoms with E-state index >= 15 is 0 Å². The second kappa shape index (κ2) is 6.28. The highest BCUT2D eigenvalue weighted by Crippen LogP contribution is 2.15. The predicted molar refractivity (Wildman–Crippen MR) is 80.9 cm³/mol. The van der Waals surface area contributed by atoms with Gasteiger partial charge >= 0.3 is 0 Å². The van der Waals surface area contributed by atoms with Crippen molar-refractivity contribution in [2.75, 3.05) is 16.4 Å². The van der Waals surface area contributed by atoms with Crippen LogP contribution in [0.5, 0.6) is 0 Å². The van der Waals surface area contributed by atoms with Crippen molar-refractivity contribution in [2.24, 2.45) is 5.92 Å². The van der Waals surface area contributed by atoms with Crippen LogP contribution in [0.2, 0.25) is 0 Å². The summed E-state index contributed by atoms with van der Waals surface area (Å²) >= 11 is 5.64. The summed E-state index contributed by atoms with van der Waals surface area (Å²) in [4.78, 5) is 0. The number of alkyl halides is 1. The smallest absolute Gasteiger partial charge is 0.233 e. The van der Waals surface area contributed by atoms with Crippen molar-refractivity contribution in [1.29, 1.82) is 0 Å². The Labute approximate surface area is 123 Å². The minimum absolute atomic E-state index is 0.0113. The van der Waals surface area contributed by atoms with Gasteiger partial charge in [0.2, 0.25) is 10.0 Å². The third kappa shape index (κ3) is 3.98. The molecule has 0 saturated heterocycles. The third-order valence-corrected chi connectivity index (χ3v) is 4.76. The SMILES string of the molecule is CC(CCl)CS(=O)(=O)Nc1ccc(-n2cccn2)cc1. The topological polar surface area (TPSA) is 64.0 Å². The highest BCUT2D eigenvalue weighted by atomic mass is 35.5. The molecule has 108 valence electrons. The van der Waals surface area contributed by atoms with Gasteiger partial charge in [-0.25, -0.2) is 13.1 Å². The summed E-state index contributed by atoms with van der Waals surface area (Å²) in [6.45, 7) is 1.80. The molecule has 2 rings (SSSR count). The Hall–Kier alpha value is -1.53. The molecule has 1 heterocycles. The molecule has 2 aromatic rings. The average Bonchev–Trinajstić information content (AvgIpc) is 2.92. The lowest BCUT2D eigenvalue weighted by atomic mass is 10.3. The van der Waals surface area contributed by atoms with Crippen LogP contribution in [0.1, 0.15) is 6.92 Å². The van der Waals surface area contributed by atoms with E-state index in [-0.39, 0.29) is 11.7 Å². The molecule has 1 aromatic heterocycles. The summed E-state index contributed by atoms with van der Waals surface area (Å²) < 4.78 is 28.0. The normalized spacial score (nSPS) is 13.1.